The van der Waals surface area contributed by atoms with Gasteiger partial charge in [-0.15, -0.1) is 0 Å². The van der Waals surface area contributed by atoms with Gasteiger partial charge in [0.2, 0.25) is 6.29 Å². The normalized spacial score (nSPS) is 23.7. The third kappa shape index (κ3) is 19.9. The van der Waals surface area contributed by atoms with Gasteiger partial charge in [-0.25, -0.2) is 4.57 Å². The van der Waals surface area contributed by atoms with Crippen LogP contribution in [0, 0.1) is 0 Å². The van der Waals surface area contributed by atoms with Crippen LogP contribution in [-0.2, 0) is 101 Å². The molecule has 0 aliphatic carbocycles. The van der Waals surface area contributed by atoms with Gasteiger partial charge in [-0.05, 0) is 53.0 Å². The van der Waals surface area contributed by atoms with Crippen molar-refractivity contribution in [2.24, 2.45) is 0 Å². The second-order valence-corrected chi connectivity index (χ2v) is 20.4. The van der Waals surface area contributed by atoms with Crippen molar-refractivity contribution in [1.29, 1.82) is 0 Å². The summed E-state index contributed by atoms with van der Waals surface area (Å²) in [5.41, 5.74) is 4.86. The van der Waals surface area contributed by atoms with Gasteiger partial charge in [0.25, 0.3) is 0 Å². The Hall–Kier alpha value is -5.50. The van der Waals surface area contributed by atoms with Gasteiger partial charge in [-0.3, -0.25) is 13.8 Å². The van der Waals surface area contributed by atoms with Crippen molar-refractivity contribution >= 4 is 13.8 Å². The topological polar surface area (TPSA) is 179 Å². The number of benzene rings is 6. The standard InChI is InChI=1S/C56H61O15P.C6H15N/c1-40(57)67-55-54(66-37-46-30-18-7-19-31-46)52(64-35-44-26-14-5-15-27-44)50(48(69-55)39-62-33-42-22-10-3-11-23-42)70-72(59,60)71-56-53(65-36-45-28-16-6-17-29-45)51(63-34-43-24-12-4-13-25-43)49(58)47(68-56)38-61-32-41-20-8-2-9-21-41;1-4-7(5-2)6-3/h2-31,47-56,58H,32-39H2,1H3,(H,59,60);4-6H2,1-3H3/t47-,48-,49-,50-,51+,52+,53-,54-,55?,56-;/m1./s1. The number of carbonyl (C=O) groups excluding carboxylic acids is 1. The van der Waals surface area contributed by atoms with E-state index in [0.29, 0.717) is 0 Å². The number of carbonyl (C=O) groups is 1. The van der Waals surface area contributed by atoms with E-state index in [2.05, 4.69) is 25.7 Å². The first-order chi connectivity index (χ1) is 38.5. The zero-order valence-corrected chi connectivity index (χ0v) is 46.4. The van der Waals surface area contributed by atoms with Crippen LogP contribution in [0.15, 0.2) is 182 Å². The maximum Gasteiger partial charge on any atom is 0.475 e. The number of rotatable bonds is 28. The van der Waals surface area contributed by atoms with E-state index >= 15 is 4.57 Å². The van der Waals surface area contributed by atoms with Crippen molar-refractivity contribution in [2.45, 2.75) is 129 Å². The molecule has 2 aliphatic heterocycles. The molecule has 2 saturated heterocycles. The molecule has 0 radical (unpaired) electrons. The number of aliphatic hydroxyl groups excluding tert-OH is 1. The summed E-state index contributed by atoms with van der Waals surface area (Å²) in [5.74, 6) is -0.667. The molecule has 17 heteroatoms. The number of hydrogen-bond acceptors (Lipinski definition) is 15. The van der Waals surface area contributed by atoms with Crippen molar-refractivity contribution in [3.8, 4) is 0 Å². The monoisotopic (exact) mass is 1110 g/mol. The van der Waals surface area contributed by atoms with Crippen LogP contribution in [0.5, 0.6) is 0 Å². The number of phosphoric ester groups is 1. The van der Waals surface area contributed by atoms with Crippen LogP contribution in [0.2, 0.25) is 0 Å². The molecule has 8 rings (SSSR count). The van der Waals surface area contributed by atoms with E-state index < -0.39 is 75.2 Å². The summed E-state index contributed by atoms with van der Waals surface area (Å²) in [6, 6.07) is 56.1. The first-order valence-electron chi connectivity index (χ1n) is 27.0. The average molecular weight is 1110 g/mol. The van der Waals surface area contributed by atoms with Gasteiger partial charge in [0.1, 0.15) is 48.8 Å². The van der Waals surface area contributed by atoms with Crippen LogP contribution in [-0.4, -0.2) is 115 Å². The van der Waals surface area contributed by atoms with Gasteiger partial charge in [-0.2, -0.15) is 0 Å². The first-order valence-corrected chi connectivity index (χ1v) is 28.5. The van der Waals surface area contributed by atoms with Crippen LogP contribution >= 0.6 is 7.82 Å². The zero-order chi connectivity index (χ0) is 55.7. The molecule has 0 amide bonds. The summed E-state index contributed by atoms with van der Waals surface area (Å²) in [6.45, 7) is 11.3. The zero-order valence-electron chi connectivity index (χ0n) is 45.5. The predicted molar refractivity (Wildman–Crippen MR) is 297 cm³/mol. The van der Waals surface area contributed by atoms with Crippen molar-refractivity contribution in [3.63, 3.8) is 0 Å². The molecule has 2 fully saturated rings. The Morgan fingerprint density at radius 3 is 1.15 bits per heavy atom. The van der Waals surface area contributed by atoms with Crippen LogP contribution in [0.1, 0.15) is 61.1 Å². The van der Waals surface area contributed by atoms with Gasteiger partial charge in [0.05, 0.1) is 52.9 Å². The van der Waals surface area contributed by atoms with Gasteiger partial charge >= 0.3 is 13.8 Å². The lowest BCUT2D eigenvalue weighted by molar-refractivity contribution is -0.317. The molecule has 2 N–H and O–H groups in total. The molecule has 0 saturated carbocycles. The van der Waals surface area contributed by atoms with Crippen molar-refractivity contribution < 1.29 is 71.0 Å². The van der Waals surface area contributed by atoms with Gasteiger partial charge in [0.15, 0.2) is 6.29 Å². The summed E-state index contributed by atoms with van der Waals surface area (Å²) in [4.78, 5) is 27.3. The maximum absolute atomic E-state index is 15.0. The van der Waals surface area contributed by atoms with E-state index in [1.807, 2.05) is 182 Å². The van der Waals surface area contributed by atoms with Crippen LogP contribution in [0.3, 0.4) is 0 Å². The van der Waals surface area contributed by atoms with E-state index in [9.17, 15) is 14.8 Å². The third-order valence-corrected chi connectivity index (χ3v) is 14.2. The number of esters is 1. The second-order valence-electron chi connectivity index (χ2n) is 19.0. The highest BCUT2D eigenvalue weighted by molar-refractivity contribution is 7.47. The fourth-order valence-corrected chi connectivity index (χ4v) is 10.1. The van der Waals surface area contributed by atoms with Gasteiger partial charge in [-0.1, -0.05) is 203 Å². The van der Waals surface area contributed by atoms with E-state index in [1.165, 1.54) is 26.6 Å². The van der Waals surface area contributed by atoms with E-state index in [0.717, 1.165) is 33.4 Å². The number of ether oxygens (including phenoxy) is 9. The fourth-order valence-electron chi connectivity index (χ4n) is 9.03. The van der Waals surface area contributed by atoms with Crippen molar-refractivity contribution in [1.82, 2.24) is 4.90 Å². The molecule has 6 aromatic carbocycles. The van der Waals surface area contributed by atoms with E-state index in [-0.39, 0.29) is 52.9 Å². The lowest BCUT2D eigenvalue weighted by atomic mass is 9.98. The maximum atomic E-state index is 15.0. The molecular formula is C62H76NO15P. The number of aliphatic hydroxyl groups is 1. The molecule has 424 valence electrons. The van der Waals surface area contributed by atoms with Crippen molar-refractivity contribution in [2.75, 3.05) is 32.8 Å². The Morgan fingerprint density at radius 2 is 0.785 bits per heavy atom. The van der Waals surface area contributed by atoms with Crippen molar-refractivity contribution in [3.05, 3.63) is 215 Å². The van der Waals surface area contributed by atoms with Gasteiger partial charge in [0, 0.05) is 6.92 Å². The van der Waals surface area contributed by atoms with Crippen LogP contribution in [0.4, 0.5) is 0 Å². The number of hydrogen-bond donors (Lipinski definition) is 2. The third-order valence-electron chi connectivity index (χ3n) is 13.3. The minimum absolute atomic E-state index is 0.0108. The summed E-state index contributed by atoms with van der Waals surface area (Å²) in [7, 11) is -5.36. The number of nitrogens with zero attached hydrogens (tertiary/aromatic N) is 1. The lowest BCUT2D eigenvalue weighted by Gasteiger charge is -2.46. The summed E-state index contributed by atoms with van der Waals surface area (Å²) in [6.07, 6.45) is -13.3. The Labute approximate surface area is 465 Å². The smallest absolute Gasteiger partial charge is 0.433 e. The minimum atomic E-state index is -5.36. The Bertz CT molecular complexity index is 2640. The molecule has 2 unspecified atom stereocenters. The summed E-state index contributed by atoms with van der Waals surface area (Å²) >= 11 is 0. The van der Waals surface area contributed by atoms with Crippen LogP contribution < -0.4 is 0 Å². The lowest BCUT2D eigenvalue weighted by Crippen LogP contribution is -2.62. The Kier molecular flexibility index (Phi) is 25.3. The molecule has 0 aromatic heterocycles. The van der Waals surface area contributed by atoms with E-state index in [1.54, 1.807) is 0 Å². The largest absolute Gasteiger partial charge is 0.475 e. The predicted octanol–water partition coefficient (Wildman–Crippen LogP) is 9.99. The molecule has 11 atom stereocenters. The summed E-state index contributed by atoms with van der Waals surface area (Å²) < 4.78 is 84.4. The molecule has 2 aliphatic rings. The van der Waals surface area contributed by atoms with Crippen LogP contribution in [0.25, 0.3) is 0 Å². The molecule has 79 heavy (non-hydrogen) atoms. The first kappa shape index (κ1) is 61.1. The quantitative estimate of drug-likeness (QED) is 0.0350. The highest BCUT2D eigenvalue weighted by Gasteiger charge is 2.55. The molecular weight excluding hydrogens is 1030 g/mol. The fraction of sp³-hybridized carbons (Fsp3) is 0.403. The van der Waals surface area contributed by atoms with Gasteiger partial charge < -0.3 is 57.5 Å². The highest BCUT2D eigenvalue weighted by atomic mass is 31.2. The molecule has 6 aromatic rings. The Balaban J connectivity index is 0.00000121. The SMILES string of the molecule is CC(=O)OC1O[C@H](COCc2ccccc2)[C@@H](OP(=O)(O)O[C@H]2O[C@H](COCc3ccccc3)[C@@H](O)[C@H](OCc3ccccc3)[C@H]2OCc2ccccc2)[C@H](OCc2ccccc2)[C@H]1OCc1ccccc1.CCN(CC)CC. The Morgan fingerprint density at radius 1 is 0.456 bits per heavy atom. The molecule has 16 nitrogen and oxygen atoms in total. The van der Waals surface area contributed by atoms with E-state index in [4.69, 9.17) is 51.7 Å². The molecule has 2 heterocycles. The minimum Gasteiger partial charge on any atom is -0.433 e. The second kappa shape index (κ2) is 32.7. The average Bonchev–Trinajstić information content (AvgIpc) is 3.62. The highest BCUT2D eigenvalue weighted by Crippen LogP contribution is 2.51. The summed E-state index contributed by atoms with van der Waals surface area (Å²) in [5, 5.41) is 12.1. The number of phosphoric acid groups is 1. The molecule has 0 spiro atoms. The molecule has 0 bridgehead atoms.